The van der Waals surface area contributed by atoms with Crippen LogP contribution in [-0.2, 0) is 0 Å². The van der Waals surface area contributed by atoms with Crippen LogP contribution in [0, 0.1) is 5.41 Å². The lowest BCUT2D eigenvalue weighted by Crippen LogP contribution is -2.20. The maximum Gasteiger partial charge on any atom is 0.211 e. The highest BCUT2D eigenvalue weighted by Gasteiger charge is 2.09. The molecule has 0 aliphatic heterocycles. The van der Waals surface area contributed by atoms with Gasteiger partial charge in [-0.2, -0.15) is 0 Å². The molecule has 0 spiro atoms. The zero-order valence-electron chi connectivity index (χ0n) is 9.88. The highest BCUT2D eigenvalue weighted by atomic mass is 15.2. The molecule has 0 bridgehead atoms. The maximum atomic E-state index is 8.27. The SMILES string of the molecule is C=Cn1c(=N)n(-c2ccccc2)c2ccccc21. The smallest absolute Gasteiger partial charge is 0.211 e. The minimum Gasteiger partial charge on any atom is -0.286 e. The number of fused-ring (bicyclic) bond motifs is 1. The second kappa shape index (κ2) is 4.04. The maximum absolute atomic E-state index is 8.27. The molecule has 0 saturated heterocycles. The standard InChI is InChI=1S/C15H13N3/c1-2-17-13-10-6-7-11-14(13)18(15(17)16)12-8-4-3-5-9-12/h2-11,16H,1H2. The van der Waals surface area contributed by atoms with Crippen molar-refractivity contribution < 1.29 is 0 Å². The molecule has 0 unspecified atom stereocenters. The molecule has 2 aromatic carbocycles. The number of aromatic nitrogens is 2. The molecule has 3 rings (SSSR count). The lowest BCUT2D eigenvalue weighted by atomic mass is 10.3. The number of para-hydroxylation sites is 3. The number of benzene rings is 2. The molecule has 1 heterocycles. The van der Waals surface area contributed by atoms with Crippen LogP contribution >= 0.6 is 0 Å². The largest absolute Gasteiger partial charge is 0.286 e. The van der Waals surface area contributed by atoms with Crippen molar-refractivity contribution in [1.29, 1.82) is 5.41 Å². The van der Waals surface area contributed by atoms with Crippen LogP contribution in [0.3, 0.4) is 0 Å². The lowest BCUT2D eigenvalue weighted by Gasteiger charge is -2.03. The van der Waals surface area contributed by atoms with Gasteiger partial charge in [-0.25, -0.2) is 0 Å². The van der Waals surface area contributed by atoms with Crippen LogP contribution in [0.25, 0.3) is 22.9 Å². The van der Waals surface area contributed by atoms with Gasteiger partial charge in [-0.3, -0.25) is 14.5 Å². The number of rotatable bonds is 2. The minimum atomic E-state index is 0.400. The van der Waals surface area contributed by atoms with E-state index in [4.69, 9.17) is 5.41 Å². The van der Waals surface area contributed by atoms with Crippen molar-refractivity contribution in [3.05, 3.63) is 66.8 Å². The van der Waals surface area contributed by atoms with Crippen LogP contribution in [0.15, 0.2) is 61.2 Å². The number of hydrogen-bond acceptors (Lipinski definition) is 1. The summed E-state index contributed by atoms with van der Waals surface area (Å²) >= 11 is 0. The summed E-state index contributed by atoms with van der Waals surface area (Å²) in [6.07, 6.45) is 1.67. The van der Waals surface area contributed by atoms with E-state index in [1.807, 2.05) is 59.2 Å². The molecule has 0 amide bonds. The highest BCUT2D eigenvalue weighted by Crippen LogP contribution is 2.17. The fraction of sp³-hybridized carbons (Fsp3) is 0. The highest BCUT2D eigenvalue weighted by molar-refractivity contribution is 5.79. The van der Waals surface area contributed by atoms with Crippen molar-refractivity contribution in [2.45, 2.75) is 0 Å². The summed E-state index contributed by atoms with van der Waals surface area (Å²) in [6, 6.07) is 17.9. The van der Waals surface area contributed by atoms with Crippen molar-refractivity contribution >= 4 is 17.2 Å². The summed E-state index contributed by atoms with van der Waals surface area (Å²) in [7, 11) is 0. The number of nitrogens with zero attached hydrogens (tertiary/aromatic N) is 2. The van der Waals surface area contributed by atoms with Gasteiger partial charge in [0, 0.05) is 11.9 Å². The van der Waals surface area contributed by atoms with Crippen LogP contribution in [-0.4, -0.2) is 9.13 Å². The second-order valence-corrected chi connectivity index (χ2v) is 4.04. The van der Waals surface area contributed by atoms with Crippen LogP contribution in [0.4, 0.5) is 0 Å². The van der Waals surface area contributed by atoms with Gasteiger partial charge >= 0.3 is 0 Å². The van der Waals surface area contributed by atoms with Gasteiger partial charge in [0.15, 0.2) is 0 Å². The molecule has 0 fully saturated rings. The van der Waals surface area contributed by atoms with E-state index in [2.05, 4.69) is 6.58 Å². The van der Waals surface area contributed by atoms with Gasteiger partial charge < -0.3 is 0 Å². The van der Waals surface area contributed by atoms with E-state index in [1.54, 1.807) is 10.8 Å². The Labute approximate surface area is 105 Å². The molecule has 18 heavy (non-hydrogen) atoms. The third kappa shape index (κ3) is 1.41. The summed E-state index contributed by atoms with van der Waals surface area (Å²) in [5.41, 5.74) is 3.38. The summed E-state index contributed by atoms with van der Waals surface area (Å²) in [4.78, 5) is 0. The molecule has 0 radical (unpaired) electrons. The lowest BCUT2D eigenvalue weighted by molar-refractivity contribution is 0.879. The Morgan fingerprint density at radius 1 is 0.889 bits per heavy atom. The summed E-state index contributed by atoms with van der Waals surface area (Å²) in [6.45, 7) is 3.78. The number of hydrogen-bond donors (Lipinski definition) is 1. The zero-order valence-corrected chi connectivity index (χ0v) is 9.88. The van der Waals surface area contributed by atoms with Gasteiger partial charge in [-0.1, -0.05) is 36.9 Å². The predicted octanol–water partition coefficient (Wildman–Crippen LogP) is 3.01. The van der Waals surface area contributed by atoms with E-state index < -0.39 is 0 Å². The van der Waals surface area contributed by atoms with Gasteiger partial charge in [-0.05, 0) is 24.3 Å². The molecule has 3 aromatic rings. The van der Waals surface area contributed by atoms with Crippen LogP contribution in [0.1, 0.15) is 0 Å². The average molecular weight is 235 g/mol. The molecule has 0 saturated carbocycles. The Morgan fingerprint density at radius 2 is 1.50 bits per heavy atom. The summed E-state index contributed by atoms with van der Waals surface area (Å²) in [5.74, 6) is 0. The van der Waals surface area contributed by atoms with E-state index >= 15 is 0 Å². The normalized spacial score (nSPS) is 10.7. The molecule has 3 heteroatoms. The summed E-state index contributed by atoms with van der Waals surface area (Å²) in [5, 5.41) is 8.27. The fourth-order valence-corrected chi connectivity index (χ4v) is 2.22. The van der Waals surface area contributed by atoms with E-state index in [9.17, 15) is 0 Å². The third-order valence-electron chi connectivity index (χ3n) is 3.02. The van der Waals surface area contributed by atoms with E-state index in [-0.39, 0.29) is 0 Å². The van der Waals surface area contributed by atoms with Gasteiger partial charge in [0.1, 0.15) is 0 Å². The van der Waals surface area contributed by atoms with Gasteiger partial charge in [0.25, 0.3) is 0 Å². The Balaban J connectivity index is 2.47. The van der Waals surface area contributed by atoms with Crippen LogP contribution < -0.4 is 5.62 Å². The molecule has 0 atom stereocenters. The Bertz CT molecular complexity index is 763. The first-order valence-electron chi connectivity index (χ1n) is 5.77. The van der Waals surface area contributed by atoms with Crippen LogP contribution in [0.2, 0.25) is 0 Å². The molecule has 1 N–H and O–H groups in total. The average Bonchev–Trinajstić information content (AvgIpc) is 2.71. The third-order valence-corrected chi connectivity index (χ3v) is 3.02. The number of imidazole rings is 1. The molecule has 1 aromatic heterocycles. The summed E-state index contributed by atoms with van der Waals surface area (Å²) < 4.78 is 3.69. The van der Waals surface area contributed by atoms with Crippen molar-refractivity contribution in [2.75, 3.05) is 0 Å². The van der Waals surface area contributed by atoms with Crippen molar-refractivity contribution in [1.82, 2.24) is 9.13 Å². The first kappa shape index (κ1) is 10.6. The Morgan fingerprint density at radius 3 is 2.17 bits per heavy atom. The quantitative estimate of drug-likeness (QED) is 0.708. The van der Waals surface area contributed by atoms with Crippen molar-refractivity contribution in [3.8, 4) is 5.69 Å². The predicted molar refractivity (Wildman–Crippen MR) is 73.5 cm³/mol. The Kier molecular flexibility index (Phi) is 2.38. The van der Waals surface area contributed by atoms with E-state index in [0.29, 0.717) is 5.62 Å². The van der Waals surface area contributed by atoms with E-state index in [0.717, 1.165) is 16.7 Å². The second-order valence-electron chi connectivity index (χ2n) is 4.04. The molecule has 0 aliphatic rings. The molecule has 0 aliphatic carbocycles. The first-order valence-corrected chi connectivity index (χ1v) is 5.77. The first-order chi connectivity index (χ1) is 8.83. The van der Waals surface area contributed by atoms with E-state index in [1.165, 1.54) is 0 Å². The molecular formula is C15H13N3. The zero-order chi connectivity index (χ0) is 12.5. The van der Waals surface area contributed by atoms with Gasteiger partial charge in [-0.15, -0.1) is 0 Å². The van der Waals surface area contributed by atoms with Crippen molar-refractivity contribution in [3.63, 3.8) is 0 Å². The minimum absolute atomic E-state index is 0.400. The molecule has 3 nitrogen and oxygen atoms in total. The van der Waals surface area contributed by atoms with Gasteiger partial charge in [0.2, 0.25) is 5.62 Å². The number of nitrogens with one attached hydrogen (secondary N) is 1. The monoisotopic (exact) mass is 235 g/mol. The Hall–Kier alpha value is -2.55. The fourth-order valence-electron chi connectivity index (χ4n) is 2.22. The van der Waals surface area contributed by atoms with Crippen LogP contribution in [0.5, 0.6) is 0 Å². The van der Waals surface area contributed by atoms with Gasteiger partial charge in [0.05, 0.1) is 11.0 Å². The molecule has 88 valence electrons. The topological polar surface area (TPSA) is 33.7 Å². The molecular weight excluding hydrogens is 222 g/mol. The van der Waals surface area contributed by atoms with Crippen molar-refractivity contribution in [2.24, 2.45) is 0 Å².